The van der Waals surface area contributed by atoms with Gasteiger partial charge in [0.25, 0.3) is 0 Å². The first-order chi connectivity index (χ1) is 8.31. The van der Waals surface area contributed by atoms with E-state index in [1.54, 1.807) is 11.9 Å². The van der Waals surface area contributed by atoms with Gasteiger partial charge in [-0.05, 0) is 19.3 Å². The Bertz CT molecular complexity index is 375. The highest BCUT2D eigenvalue weighted by Crippen LogP contribution is 2.22. The van der Waals surface area contributed by atoms with Crippen molar-refractivity contribution in [1.82, 2.24) is 4.90 Å². The summed E-state index contributed by atoms with van der Waals surface area (Å²) >= 11 is 0. The number of hydrogen-bond acceptors (Lipinski definition) is 4. The zero-order chi connectivity index (χ0) is 13.8. The molecule has 1 aliphatic carbocycles. The van der Waals surface area contributed by atoms with Crippen molar-refractivity contribution in [3.63, 3.8) is 0 Å². The monoisotopic (exact) mass is 276 g/mol. The van der Waals surface area contributed by atoms with Crippen LogP contribution < -0.4 is 5.73 Å². The number of hydrogen-bond donors (Lipinski definition) is 1. The maximum Gasteiger partial charge on any atom is 0.239 e. The van der Waals surface area contributed by atoms with E-state index in [2.05, 4.69) is 0 Å². The van der Waals surface area contributed by atoms with Crippen molar-refractivity contribution in [2.75, 3.05) is 19.1 Å². The van der Waals surface area contributed by atoms with Gasteiger partial charge in [0.1, 0.15) is 9.84 Å². The van der Waals surface area contributed by atoms with E-state index in [9.17, 15) is 13.2 Å². The summed E-state index contributed by atoms with van der Waals surface area (Å²) in [5.41, 5.74) is 5.78. The molecule has 0 spiro atoms. The van der Waals surface area contributed by atoms with E-state index in [0.717, 1.165) is 31.9 Å². The lowest BCUT2D eigenvalue weighted by atomic mass is 9.94. The minimum atomic E-state index is -3.05. The van der Waals surface area contributed by atoms with Crippen LogP contribution in [0.5, 0.6) is 0 Å². The Balaban J connectivity index is 2.46. The van der Waals surface area contributed by atoms with E-state index < -0.39 is 15.9 Å². The summed E-state index contributed by atoms with van der Waals surface area (Å²) < 4.78 is 22.1. The fourth-order valence-corrected chi connectivity index (χ4v) is 3.06. The molecule has 0 aliphatic heterocycles. The number of nitrogens with two attached hydrogens (primary N) is 1. The number of carbonyl (C=O) groups is 1. The number of nitrogens with zero attached hydrogens (tertiary/aromatic N) is 1. The third-order valence-electron chi connectivity index (χ3n) is 3.59. The minimum Gasteiger partial charge on any atom is -0.341 e. The van der Waals surface area contributed by atoms with E-state index in [1.807, 2.05) is 0 Å². The van der Waals surface area contributed by atoms with Gasteiger partial charge < -0.3 is 10.6 Å². The molecule has 1 saturated carbocycles. The summed E-state index contributed by atoms with van der Waals surface area (Å²) in [5, 5.41) is 0. The van der Waals surface area contributed by atoms with Gasteiger partial charge in [-0.15, -0.1) is 0 Å². The molecule has 106 valence electrons. The summed E-state index contributed by atoms with van der Waals surface area (Å²) in [4.78, 5) is 13.8. The molecule has 1 amide bonds. The number of amides is 1. The van der Waals surface area contributed by atoms with Crippen molar-refractivity contribution in [3.05, 3.63) is 0 Å². The largest absolute Gasteiger partial charge is 0.341 e. The van der Waals surface area contributed by atoms with Gasteiger partial charge in [0.15, 0.2) is 0 Å². The first-order valence-corrected chi connectivity index (χ1v) is 8.57. The number of rotatable bonds is 5. The summed E-state index contributed by atoms with van der Waals surface area (Å²) in [5.74, 6) is -0.163. The van der Waals surface area contributed by atoms with Crippen LogP contribution in [0.25, 0.3) is 0 Å². The van der Waals surface area contributed by atoms with Gasteiger partial charge in [-0.1, -0.05) is 19.3 Å². The second-order valence-electron chi connectivity index (χ2n) is 5.27. The maximum absolute atomic E-state index is 12.1. The molecular weight excluding hydrogens is 252 g/mol. The molecule has 0 aromatic heterocycles. The molecule has 6 heteroatoms. The van der Waals surface area contributed by atoms with Crippen LogP contribution >= 0.6 is 0 Å². The van der Waals surface area contributed by atoms with Crippen LogP contribution in [0.2, 0.25) is 0 Å². The van der Waals surface area contributed by atoms with E-state index in [1.165, 1.54) is 6.42 Å². The second-order valence-corrected chi connectivity index (χ2v) is 7.53. The van der Waals surface area contributed by atoms with Gasteiger partial charge in [-0.2, -0.15) is 0 Å². The normalized spacial score (nSPS) is 19.5. The minimum absolute atomic E-state index is 0.0294. The van der Waals surface area contributed by atoms with Crippen LogP contribution in [0.15, 0.2) is 0 Å². The second kappa shape index (κ2) is 6.52. The summed E-state index contributed by atoms with van der Waals surface area (Å²) in [6.45, 7) is 0. The molecule has 0 bridgehead atoms. The molecule has 1 fully saturated rings. The topological polar surface area (TPSA) is 80.5 Å². The zero-order valence-corrected chi connectivity index (χ0v) is 12.1. The summed E-state index contributed by atoms with van der Waals surface area (Å²) in [6.07, 6.45) is 6.96. The van der Waals surface area contributed by atoms with Crippen LogP contribution in [-0.4, -0.2) is 50.4 Å². The summed E-state index contributed by atoms with van der Waals surface area (Å²) in [6, 6.07) is -0.429. The fraction of sp³-hybridized carbons (Fsp3) is 0.917. The van der Waals surface area contributed by atoms with Crippen molar-refractivity contribution in [1.29, 1.82) is 0 Å². The van der Waals surface area contributed by atoms with Crippen molar-refractivity contribution < 1.29 is 13.2 Å². The smallest absolute Gasteiger partial charge is 0.239 e. The first kappa shape index (κ1) is 15.4. The van der Waals surface area contributed by atoms with Crippen LogP contribution in [0.4, 0.5) is 0 Å². The lowest BCUT2D eigenvalue weighted by Crippen LogP contribution is -2.47. The lowest BCUT2D eigenvalue weighted by Gasteiger charge is -2.32. The standard InChI is InChI=1S/C12H24N2O3S/c1-14(10-6-4-3-5-7-10)12(15)11(13)8-9-18(2,16)17/h10-11H,3-9,13H2,1-2H3. The zero-order valence-electron chi connectivity index (χ0n) is 11.3. The third-order valence-corrected chi connectivity index (χ3v) is 4.56. The molecule has 2 N–H and O–H groups in total. The van der Waals surface area contributed by atoms with Gasteiger partial charge in [0.2, 0.25) is 5.91 Å². The lowest BCUT2D eigenvalue weighted by molar-refractivity contribution is -0.134. The van der Waals surface area contributed by atoms with E-state index in [4.69, 9.17) is 5.73 Å². The Morgan fingerprint density at radius 3 is 2.39 bits per heavy atom. The number of likely N-dealkylation sites (N-methyl/N-ethyl adjacent to an activating group) is 1. The Labute approximate surface area is 110 Å². The Kier molecular flexibility index (Phi) is 5.59. The molecule has 5 nitrogen and oxygen atoms in total. The van der Waals surface area contributed by atoms with Crippen LogP contribution in [0.3, 0.4) is 0 Å². The molecule has 0 radical (unpaired) electrons. The molecule has 0 saturated heterocycles. The molecule has 1 unspecified atom stereocenters. The number of sulfone groups is 1. The highest BCUT2D eigenvalue weighted by atomic mass is 32.2. The maximum atomic E-state index is 12.1. The van der Waals surface area contributed by atoms with E-state index in [0.29, 0.717) is 0 Å². The average Bonchev–Trinajstić information content (AvgIpc) is 2.34. The molecule has 0 aromatic rings. The summed E-state index contributed by atoms with van der Waals surface area (Å²) in [7, 11) is -1.28. The van der Waals surface area contributed by atoms with Crippen molar-refractivity contribution in [3.8, 4) is 0 Å². The molecule has 1 aliphatic rings. The van der Waals surface area contributed by atoms with Crippen molar-refractivity contribution in [2.24, 2.45) is 5.73 Å². The Morgan fingerprint density at radius 1 is 1.33 bits per heavy atom. The Morgan fingerprint density at radius 2 is 1.89 bits per heavy atom. The van der Waals surface area contributed by atoms with Gasteiger partial charge >= 0.3 is 0 Å². The first-order valence-electron chi connectivity index (χ1n) is 6.51. The van der Waals surface area contributed by atoms with Crippen LogP contribution in [0, 0.1) is 0 Å². The highest BCUT2D eigenvalue weighted by Gasteiger charge is 2.26. The van der Waals surface area contributed by atoms with Crippen molar-refractivity contribution in [2.45, 2.75) is 50.6 Å². The third kappa shape index (κ3) is 4.94. The van der Waals surface area contributed by atoms with Crippen LogP contribution in [0.1, 0.15) is 38.5 Å². The number of carbonyl (C=O) groups excluding carboxylic acids is 1. The van der Waals surface area contributed by atoms with E-state index >= 15 is 0 Å². The van der Waals surface area contributed by atoms with Gasteiger partial charge in [0.05, 0.1) is 11.8 Å². The molecule has 18 heavy (non-hydrogen) atoms. The molecule has 1 atom stereocenters. The van der Waals surface area contributed by atoms with Crippen molar-refractivity contribution >= 4 is 15.7 Å². The molecule has 0 heterocycles. The average molecular weight is 276 g/mol. The fourth-order valence-electron chi connectivity index (χ4n) is 2.37. The highest BCUT2D eigenvalue weighted by molar-refractivity contribution is 7.90. The Hall–Kier alpha value is -0.620. The van der Waals surface area contributed by atoms with Crippen LogP contribution in [-0.2, 0) is 14.6 Å². The van der Waals surface area contributed by atoms with Gasteiger partial charge in [0, 0.05) is 19.3 Å². The predicted octanol–water partition coefficient (Wildman–Crippen LogP) is 0.539. The molecule has 1 rings (SSSR count). The SMILES string of the molecule is CN(C(=O)C(N)CCS(C)(=O)=O)C1CCCCC1. The predicted molar refractivity (Wildman–Crippen MR) is 71.9 cm³/mol. The van der Waals surface area contributed by atoms with E-state index in [-0.39, 0.29) is 24.1 Å². The molecule has 0 aromatic carbocycles. The quantitative estimate of drug-likeness (QED) is 0.794. The van der Waals surface area contributed by atoms with Gasteiger partial charge in [-0.3, -0.25) is 4.79 Å². The van der Waals surface area contributed by atoms with Gasteiger partial charge in [-0.25, -0.2) is 8.42 Å². The molecular formula is C12H24N2O3S.